The number of carbonyl (C=O) groups is 1. The molecule has 0 bridgehead atoms. The highest BCUT2D eigenvalue weighted by molar-refractivity contribution is 6.30. The van der Waals surface area contributed by atoms with Crippen LogP contribution >= 0.6 is 11.6 Å². The van der Waals surface area contributed by atoms with Crippen LogP contribution in [-0.2, 0) is 4.79 Å². The maximum atomic E-state index is 10.9. The van der Waals surface area contributed by atoms with Crippen LogP contribution in [0.5, 0.6) is 5.75 Å². The first-order chi connectivity index (χ1) is 8.63. The molecule has 1 aromatic carbocycles. The molecular weight excluding hydrogens is 250 g/mol. The van der Waals surface area contributed by atoms with E-state index in [-0.39, 0.29) is 5.91 Å². The normalized spacial score (nSPS) is 9.89. The zero-order valence-electron chi connectivity index (χ0n) is 10.5. The van der Waals surface area contributed by atoms with Crippen LogP contribution in [0, 0.1) is 6.92 Å². The maximum Gasteiger partial charge on any atom is 0.243 e. The van der Waals surface area contributed by atoms with Crippen molar-refractivity contribution in [2.75, 3.05) is 13.2 Å². The number of ether oxygens (including phenoxy) is 1. The van der Waals surface area contributed by atoms with Crippen molar-refractivity contribution >= 4 is 17.5 Å². The number of nitrogens with one attached hydrogen (secondary N) is 1. The van der Waals surface area contributed by atoms with E-state index in [4.69, 9.17) is 16.3 Å². The average molecular weight is 268 g/mol. The number of hydrogen-bond acceptors (Lipinski definition) is 2. The second-order valence-electron chi connectivity index (χ2n) is 3.96. The first-order valence-electron chi connectivity index (χ1n) is 5.92. The first kappa shape index (κ1) is 14.6. The molecule has 0 fully saturated rings. The van der Waals surface area contributed by atoms with Gasteiger partial charge in [0, 0.05) is 11.6 Å². The molecule has 3 nitrogen and oxygen atoms in total. The van der Waals surface area contributed by atoms with Gasteiger partial charge in [0.15, 0.2) is 0 Å². The van der Waals surface area contributed by atoms with Crippen molar-refractivity contribution in [2.24, 2.45) is 0 Å². The Bertz CT molecular complexity index is 418. The van der Waals surface area contributed by atoms with E-state index in [1.54, 1.807) is 0 Å². The Morgan fingerprint density at radius 2 is 2.28 bits per heavy atom. The summed E-state index contributed by atoms with van der Waals surface area (Å²) in [7, 11) is 0. The molecule has 98 valence electrons. The van der Waals surface area contributed by atoms with Gasteiger partial charge in [-0.05, 0) is 49.6 Å². The fourth-order valence-electron chi connectivity index (χ4n) is 1.47. The Labute approximate surface area is 113 Å². The first-order valence-corrected chi connectivity index (χ1v) is 6.30. The molecule has 0 spiro atoms. The van der Waals surface area contributed by atoms with Crippen LogP contribution in [-0.4, -0.2) is 19.1 Å². The van der Waals surface area contributed by atoms with Crippen molar-refractivity contribution < 1.29 is 9.53 Å². The van der Waals surface area contributed by atoms with E-state index in [0.29, 0.717) is 18.2 Å². The lowest BCUT2D eigenvalue weighted by Crippen LogP contribution is -2.22. The summed E-state index contributed by atoms with van der Waals surface area (Å²) in [6, 6.07) is 5.56. The van der Waals surface area contributed by atoms with Crippen molar-refractivity contribution in [3.63, 3.8) is 0 Å². The molecule has 0 unspecified atom stereocenters. The largest absolute Gasteiger partial charge is 0.493 e. The fourth-order valence-corrected chi connectivity index (χ4v) is 1.69. The van der Waals surface area contributed by atoms with Gasteiger partial charge in [-0.25, -0.2) is 0 Å². The van der Waals surface area contributed by atoms with Gasteiger partial charge in [0.2, 0.25) is 5.91 Å². The van der Waals surface area contributed by atoms with Crippen LogP contribution in [0.2, 0.25) is 5.02 Å². The summed E-state index contributed by atoms with van der Waals surface area (Å²) in [4.78, 5) is 10.9. The quantitative estimate of drug-likeness (QED) is 0.609. The summed E-state index contributed by atoms with van der Waals surface area (Å²) in [5, 5.41) is 3.43. The summed E-state index contributed by atoms with van der Waals surface area (Å²) in [5.41, 5.74) is 1.03. The van der Waals surface area contributed by atoms with E-state index in [1.165, 1.54) is 6.08 Å². The molecule has 0 aromatic heterocycles. The number of halogens is 1. The van der Waals surface area contributed by atoms with E-state index < -0.39 is 0 Å². The van der Waals surface area contributed by atoms with Gasteiger partial charge >= 0.3 is 0 Å². The average Bonchev–Trinajstić information content (AvgIpc) is 2.35. The molecule has 1 amide bonds. The van der Waals surface area contributed by atoms with Crippen molar-refractivity contribution in [3.8, 4) is 5.75 Å². The van der Waals surface area contributed by atoms with Crippen LogP contribution in [0.4, 0.5) is 0 Å². The van der Waals surface area contributed by atoms with Gasteiger partial charge in [-0.3, -0.25) is 4.79 Å². The molecule has 0 heterocycles. The molecular formula is C14H18ClNO2. The SMILES string of the molecule is C=CC(=O)NCCCCOc1ccc(Cl)cc1C. The van der Waals surface area contributed by atoms with Gasteiger partial charge in [-0.1, -0.05) is 18.2 Å². The molecule has 0 aliphatic carbocycles. The molecule has 1 aromatic rings. The predicted octanol–water partition coefficient (Wildman–Crippen LogP) is 3.11. The standard InChI is InChI=1S/C14H18ClNO2/c1-3-14(17)16-8-4-5-9-18-13-7-6-12(15)10-11(13)2/h3,6-7,10H,1,4-5,8-9H2,2H3,(H,16,17). The van der Waals surface area contributed by atoms with Gasteiger partial charge in [-0.15, -0.1) is 0 Å². The van der Waals surface area contributed by atoms with Gasteiger partial charge in [0.05, 0.1) is 6.61 Å². The van der Waals surface area contributed by atoms with E-state index >= 15 is 0 Å². The second kappa shape index (κ2) is 7.77. The predicted molar refractivity (Wildman–Crippen MR) is 74.1 cm³/mol. The lowest BCUT2D eigenvalue weighted by molar-refractivity contribution is -0.116. The minimum absolute atomic E-state index is 0.135. The molecule has 18 heavy (non-hydrogen) atoms. The van der Waals surface area contributed by atoms with Crippen LogP contribution in [0.3, 0.4) is 0 Å². The van der Waals surface area contributed by atoms with Crippen LogP contribution in [0.25, 0.3) is 0 Å². The molecule has 0 saturated carbocycles. The number of rotatable bonds is 7. The summed E-state index contributed by atoms with van der Waals surface area (Å²) < 4.78 is 5.63. The summed E-state index contributed by atoms with van der Waals surface area (Å²) in [6.45, 7) is 6.63. The van der Waals surface area contributed by atoms with E-state index in [0.717, 1.165) is 24.2 Å². The molecule has 0 atom stereocenters. The number of unbranched alkanes of at least 4 members (excludes halogenated alkanes) is 1. The van der Waals surface area contributed by atoms with Crippen molar-refractivity contribution in [1.82, 2.24) is 5.32 Å². The smallest absolute Gasteiger partial charge is 0.243 e. The number of carbonyl (C=O) groups excluding carboxylic acids is 1. The number of aryl methyl sites for hydroxylation is 1. The topological polar surface area (TPSA) is 38.3 Å². The number of hydrogen-bond donors (Lipinski definition) is 1. The Morgan fingerprint density at radius 1 is 1.50 bits per heavy atom. The third-order valence-corrected chi connectivity index (χ3v) is 2.69. The Hall–Kier alpha value is -1.48. The van der Waals surface area contributed by atoms with E-state index in [1.807, 2.05) is 25.1 Å². The Kier molecular flexibility index (Phi) is 6.29. The Balaban J connectivity index is 2.18. The van der Waals surface area contributed by atoms with Gasteiger partial charge < -0.3 is 10.1 Å². The van der Waals surface area contributed by atoms with Crippen LogP contribution < -0.4 is 10.1 Å². The lowest BCUT2D eigenvalue weighted by Gasteiger charge is -2.09. The summed E-state index contributed by atoms with van der Waals surface area (Å²) in [6.07, 6.45) is 3.04. The molecule has 1 N–H and O–H groups in total. The number of benzene rings is 1. The van der Waals surface area contributed by atoms with Crippen LogP contribution in [0.1, 0.15) is 18.4 Å². The minimum atomic E-state index is -0.135. The fraction of sp³-hybridized carbons (Fsp3) is 0.357. The highest BCUT2D eigenvalue weighted by Crippen LogP contribution is 2.21. The summed E-state index contributed by atoms with van der Waals surface area (Å²) >= 11 is 5.86. The molecule has 0 radical (unpaired) electrons. The van der Waals surface area contributed by atoms with Crippen molar-refractivity contribution in [3.05, 3.63) is 41.4 Å². The second-order valence-corrected chi connectivity index (χ2v) is 4.40. The Morgan fingerprint density at radius 3 is 2.94 bits per heavy atom. The zero-order chi connectivity index (χ0) is 13.4. The molecule has 1 rings (SSSR count). The van der Waals surface area contributed by atoms with Crippen molar-refractivity contribution in [1.29, 1.82) is 0 Å². The van der Waals surface area contributed by atoms with Crippen molar-refractivity contribution in [2.45, 2.75) is 19.8 Å². The van der Waals surface area contributed by atoms with Gasteiger partial charge in [0.1, 0.15) is 5.75 Å². The molecule has 4 heteroatoms. The monoisotopic (exact) mass is 267 g/mol. The van der Waals surface area contributed by atoms with E-state index in [9.17, 15) is 4.79 Å². The third kappa shape index (κ3) is 5.23. The highest BCUT2D eigenvalue weighted by Gasteiger charge is 2.00. The molecule has 0 aliphatic rings. The number of amides is 1. The molecule has 0 saturated heterocycles. The lowest BCUT2D eigenvalue weighted by atomic mass is 10.2. The van der Waals surface area contributed by atoms with Crippen LogP contribution in [0.15, 0.2) is 30.9 Å². The maximum absolute atomic E-state index is 10.9. The molecule has 0 aliphatic heterocycles. The highest BCUT2D eigenvalue weighted by atomic mass is 35.5. The zero-order valence-corrected chi connectivity index (χ0v) is 11.3. The third-order valence-electron chi connectivity index (χ3n) is 2.45. The van der Waals surface area contributed by atoms with Gasteiger partial charge in [-0.2, -0.15) is 0 Å². The summed E-state index contributed by atoms with van der Waals surface area (Å²) in [5.74, 6) is 0.721. The van der Waals surface area contributed by atoms with E-state index in [2.05, 4.69) is 11.9 Å². The minimum Gasteiger partial charge on any atom is -0.493 e. The van der Waals surface area contributed by atoms with Gasteiger partial charge in [0.25, 0.3) is 0 Å².